The Morgan fingerprint density at radius 2 is 2.29 bits per heavy atom. The third-order valence-corrected chi connectivity index (χ3v) is 3.93. The summed E-state index contributed by atoms with van der Waals surface area (Å²) in [5, 5.41) is 11.5. The monoisotopic (exact) mass is 260 g/mol. The highest BCUT2D eigenvalue weighted by atomic mass is 32.2. The first-order chi connectivity index (χ1) is 8.09. The van der Waals surface area contributed by atoms with Gasteiger partial charge in [0.15, 0.2) is 0 Å². The van der Waals surface area contributed by atoms with Crippen molar-refractivity contribution in [3.8, 4) is 0 Å². The van der Waals surface area contributed by atoms with Crippen molar-refractivity contribution in [2.75, 3.05) is 25.1 Å². The van der Waals surface area contributed by atoms with Crippen molar-refractivity contribution in [2.45, 2.75) is 31.7 Å². The van der Waals surface area contributed by atoms with Gasteiger partial charge in [0.25, 0.3) is 0 Å². The molecule has 0 radical (unpaired) electrons. The number of nitrogens with one attached hydrogen (secondary N) is 1. The molecule has 1 fully saturated rings. The van der Waals surface area contributed by atoms with E-state index in [1.807, 2.05) is 11.8 Å². The van der Waals surface area contributed by atoms with Gasteiger partial charge in [-0.3, -0.25) is 4.79 Å². The standard InChI is InChI=1S/C11H20N2O3S/c1-13(6-2-5-10(14)15)11(16)12-9-4-3-7-17-8-9/h9H,2-8H2,1H3,(H,12,16)(H,14,15). The van der Waals surface area contributed by atoms with Crippen LogP contribution in [0, 0.1) is 0 Å². The minimum absolute atomic E-state index is 0.0945. The van der Waals surface area contributed by atoms with Gasteiger partial charge in [-0.1, -0.05) is 0 Å². The summed E-state index contributed by atoms with van der Waals surface area (Å²) in [5.41, 5.74) is 0. The number of nitrogens with zero attached hydrogens (tertiary/aromatic N) is 1. The summed E-state index contributed by atoms with van der Waals surface area (Å²) in [6.45, 7) is 0.484. The van der Waals surface area contributed by atoms with Crippen molar-refractivity contribution in [1.82, 2.24) is 10.2 Å². The molecule has 2 amide bonds. The van der Waals surface area contributed by atoms with Crippen LogP contribution in [-0.4, -0.2) is 53.1 Å². The molecule has 1 aliphatic heterocycles. The molecule has 2 N–H and O–H groups in total. The van der Waals surface area contributed by atoms with Crippen molar-refractivity contribution in [3.63, 3.8) is 0 Å². The zero-order chi connectivity index (χ0) is 12.7. The summed E-state index contributed by atoms with van der Waals surface area (Å²) in [6, 6.07) is 0.172. The van der Waals surface area contributed by atoms with Crippen LogP contribution in [0.4, 0.5) is 4.79 Å². The van der Waals surface area contributed by atoms with Gasteiger partial charge in [-0.25, -0.2) is 4.79 Å². The van der Waals surface area contributed by atoms with Gasteiger partial charge >= 0.3 is 12.0 Å². The fourth-order valence-electron chi connectivity index (χ4n) is 1.71. The number of amides is 2. The molecule has 0 saturated carbocycles. The lowest BCUT2D eigenvalue weighted by Gasteiger charge is -2.25. The molecule has 0 aromatic rings. The van der Waals surface area contributed by atoms with E-state index < -0.39 is 5.97 Å². The molecule has 0 aromatic carbocycles. The van der Waals surface area contributed by atoms with E-state index in [2.05, 4.69) is 5.32 Å². The predicted molar refractivity (Wildman–Crippen MR) is 68.4 cm³/mol. The molecule has 1 rings (SSSR count). The summed E-state index contributed by atoms with van der Waals surface area (Å²) in [6.07, 6.45) is 2.80. The quantitative estimate of drug-likeness (QED) is 0.783. The van der Waals surface area contributed by atoms with E-state index >= 15 is 0 Å². The van der Waals surface area contributed by atoms with Crippen molar-refractivity contribution in [3.05, 3.63) is 0 Å². The van der Waals surface area contributed by atoms with Gasteiger partial charge in [-0.2, -0.15) is 11.8 Å². The number of carbonyl (C=O) groups is 2. The van der Waals surface area contributed by atoms with Gasteiger partial charge < -0.3 is 15.3 Å². The summed E-state index contributed by atoms with van der Waals surface area (Å²) < 4.78 is 0. The molecule has 0 bridgehead atoms. The molecule has 6 heteroatoms. The molecule has 1 aliphatic rings. The van der Waals surface area contributed by atoms with Crippen LogP contribution >= 0.6 is 11.8 Å². The maximum absolute atomic E-state index is 11.7. The average Bonchev–Trinajstić information content (AvgIpc) is 2.29. The van der Waals surface area contributed by atoms with E-state index in [0.717, 1.165) is 18.6 Å². The predicted octanol–water partition coefficient (Wildman–Crippen LogP) is 1.39. The van der Waals surface area contributed by atoms with Gasteiger partial charge in [-0.05, 0) is 25.0 Å². The van der Waals surface area contributed by atoms with E-state index in [0.29, 0.717) is 13.0 Å². The number of aliphatic carboxylic acids is 1. The lowest BCUT2D eigenvalue weighted by molar-refractivity contribution is -0.137. The molecule has 1 unspecified atom stereocenters. The number of urea groups is 1. The topological polar surface area (TPSA) is 69.6 Å². The van der Waals surface area contributed by atoms with Crippen molar-refractivity contribution in [1.29, 1.82) is 0 Å². The first-order valence-corrected chi connectivity index (χ1v) is 7.06. The van der Waals surface area contributed by atoms with Gasteiger partial charge in [0, 0.05) is 31.8 Å². The number of carboxylic acid groups (broad SMARTS) is 1. The molecule has 0 aliphatic carbocycles. The highest BCUT2D eigenvalue weighted by molar-refractivity contribution is 7.99. The fraction of sp³-hybridized carbons (Fsp3) is 0.818. The number of thioether (sulfide) groups is 1. The maximum Gasteiger partial charge on any atom is 0.317 e. The van der Waals surface area contributed by atoms with Crippen molar-refractivity contribution < 1.29 is 14.7 Å². The Morgan fingerprint density at radius 3 is 2.88 bits per heavy atom. The molecule has 1 saturated heterocycles. The van der Waals surface area contributed by atoms with Crippen LogP contribution in [0.1, 0.15) is 25.7 Å². The lowest BCUT2D eigenvalue weighted by atomic mass is 10.2. The van der Waals surface area contributed by atoms with Crippen LogP contribution < -0.4 is 5.32 Å². The van der Waals surface area contributed by atoms with Crippen molar-refractivity contribution in [2.24, 2.45) is 0 Å². The van der Waals surface area contributed by atoms with Crippen LogP contribution in [0.2, 0.25) is 0 Å². The Kier molecular flexibility index (Phi) is 6.18. The molecular formula is C11H20N2O3S. The second kappa shape index (κ2) is 7.42. The zero-order valence-electron chi connectivity index (χ0n) is 10.1. The molecule has 1 heterocycles. The number of carbonyl (C=O) groups excluding carboxylic acids is 1. The van der Waals surface area contributed by atoms with Crippen LogP contribution in [0.15, 0.2) is 0 Å². The van der Waals surface area contributed by atoms with E-state index in [1.165, 1.54) is 5.75 Å². The number of rotatable bonds is 5. The fourth-order valence-corrected chi connectivity index (χ4v) is 2.78. The minimum atomic E-state index is -0.817. The summed E-state index contributed by atoms with van der Waals surface area (Å²) in [5.74, 6) is 1.35. The zero-order valence-corrected chi connectivity index (χ0v) is 11.0. The Hall–Kier alpha value is -0.910. The number of carboxylic acids is 1. The third kappa shape index (κ3) is 5.81. The van der Waals surface area contributed by atoms with Gasteiger partial charge in [0.05, 0.1) is 0 Å². The van der Waals surface area contributed by atoms with E-state index in [9.17, 15) is 9.59 Å². The highest BCUT2D eigenvalue weighted by Crippen LogP contribution is 2.16. The lowest BCUT2D eigenvalue weighted by Crippen LogP contribution is -2.45. The van der Waals surface area contributed by atoms with Crippen LogP contribution in [0.25, 0.3) is 0 Å². The largest absolute Gasteiger partial charge is 0.481 e. The molecule has 5 nitrogen and oxygen atoms in total. The Morgan fingerprint density at radius 1 is 1.53 bits per heavy atom. The second-order valence-corrected chi connectivity index (χ2v) is 5.43. The molecular weight excluding hydrogens is 240 g/mol. The number of hydrogen-bond acceptors (Lipinski definition) is 3. The van der Waals surface area contributed by atoms with Gasteiger partial charge in [0.1, 0.15) is 0 Å². The maximum atomic E-state index is 11.7. The molecule has 0 spiro atoms. The first-order valence-electron chi connectivity index (χ1n) is 5.90. The Bertz CT molecular complexity index is 267. The van der Waals surface area contributed by atoms with Gasteiger partial charge in [-0.15, -0.1) is 0 Å². The Balaban J connectivity index is 2.18. The minimum Gasteiger partial charge on any atom is -0.481 e. The molecule has 17 heavy (non-hydrogen) atoms. The highest BCUT2D eigenvalue weighted by Gasteiger charge is 2.17. The SMILES string of the molecule is CN(CCCC(=O)O)C(=O)NC1CCCSC1. The van der Waals surface area contributed by atoms with E-state index in [-0.39, 0.29) is 18.5 Å². The Labute approximate surface area is 106 Å². The number of hydrogen-bond donors (Lipinski definition) is 2. The van der Waals surface area contributed by atoms with Crippen molar-refractivity contribution >= 4 is 23.8 Å². The first kappa shape index (κ1) is 14.2. The molecule has 0 aromatic heterocycles. The van der Waals surface area contributed by atoms with Crippen LogP contribution in [-0.2, 0) is 4.79 Å². The second-order valence-electron chi connectivity index (χ2n) is 4.28. The molecule has 1 atom stereocenters. The summed E-state index contributed by atoms with van der Waals surface area (Å²) >= 11 is 1.87. The average molecular weight is 260 g/mol. The normalized spacial score (nSPS) is 19.7. The third-order valence-electron chi connectivity index (χ3n) is 2.72. The van der Waals surface area contributed by atoms with E-state index in [1.54, 1.807) is 11.9 Å². The van der Waals surface area contributed by atoms with Crippen LogP contribution in [0.5, 0.6) is 0 Å². The summed E-state index contributed by atoms with van der Waals surface area (Å²) in [7, 11) is 1.70. The molecule has 98 valence electrons. The smallest absolute Gasteiger partial charge is 0.317 e. The summed E-state index contributed by atoms with van der Waals surface area (Å²) in [4.78, 5) is 23.6. The van der Waals surface area contributed by atoms with E-state index in [4.69, 9.17) is 5.11 Å². The van der Waals surface area contributed by atoms with Gasteiger partial charge in [0.2, 0.25) is 0 Å². The van der Waals surface area contributed by atoms with Crippen LogP contribution in [0.3, 0.4) is 0 Å².